The van der Waals surface area contributed by atoms with Crippen LogP contribution in [0.5, 0.6) is 5.75 Å². The Morgan fingerprint density at radius 2 is 1.83 bits per heavy atom. The molecule has 0 aliphatic carbocycles. The third kappa shape index (κ3) is 5.33. The maximum absolute atomic E-state index is 12.5. The molecule has 2 aromatic carbocycles. The summed E-state index contributed by atoms with van der Waals surface area (Å²) in [6, 6.07) is 13.4. The maximum Gasteiger partial charge on any atom is 0.265 e. The Hall–Kier alpha value is -2.91. The van der Waals surface area contributed by atoms with Crippen molar-refractivity contribution in [3.8, 4) is 5.75 Å². The molecule has 0 radical (unpaired) electrons. The number of hydrogen-bond acceptors (Lipinski definition) is 6. The van der Waals surface area contributed by atoms with E-state index in [1.165, 1.54) is 22.7 Å². The smallest absolute Gasteiger partial charge is 0.265 e. The van der Waals surface area contributed by atoms with E-state index < -0.39 is 15.9 Å². The lowest BCUT2D eigenvalue weighted by atomic mass is 10.2. The monoisotopic (exact) mass is 417 g/mol. The Morgan fingerprint density at radius 3 is 2.52 bits per heavy atom. The third-order valence-corrected chi connectivity index (χ3v) is 6.35. The second-order valence-electron chi connectivity index (χ2n) is 6.43. The summed E-state index contributed by atoms with van der Waals surface area (Å²) in [5.41, 5.74) is 1.21. The number of para-hydroxylation sites is 1. The zero-order valence-electron chi connectivity index (χ0n) is 16.1. The number of ether oxygens (including phenoxy) is 1. The summed E-state index contributed by atoms with van der Waals surface area (Å²) < 4.78 is 31.7. The quantitative estimate of drug-likeness (QED) is 0.526. The van der Waals surface area contributed by atoms with Crippen LogP contribution in [0.4, 0.5) is 5.69 Å². The molecule has 1 N–H and O–H groups in total. The second-order valence-corrected chi connectivity index (χ2v) is 8.37. The molecule has 3 rings (SSSR count). The van der Waals surface area contributed by atoms with Crippen LogP contribution in [0, 0.1) is 0 Å². The van der Waals surface area contributed by atoms with Crippen LogP contribution in [0.3, 0.4) is 0 Å². The van der Waals surface area contributed by atoms with Crippen molar-refractivity contribution in [2.24, 2.45) is 5.16 Å². The first-order valence-corrected chi connectivity index (χ1v) is 10.6. The molecule has 1 amide bonds. The molecule has 0 unspecified atom stereocenters. The first kappa shape index (κ1) is 20.8. The number of sulfonamides is 1. The van der Waals surface area contributed by atoms with Crippen LogP contribution < -0.4 is 10.1 Å². The first-order valence-electron chi connectivity index (χ1n) is 9.19. The summed E-state index contributed by atoms with van der Waals surface area (Å²) in [4.78, 5) is 17.2. The molecule has 1 fully saturated rings. The van der Waals surface area contributed by atoms with Crippen LogP contribution in [0.25, 0.3) is 0 Å². The van der Waals surface area contributed by atoms with E-state index in [-0.39, 0.29) is 11.5 Å². The number of nitrogens with zero attached hydrogens (tertiary/aromatic N) is 2. The van der Waals surface area contributed by atoms with Crippen molar-refractivity contribution in [1.29, 1.82) is 0 Å². The van der Waals surface area contributed by atoms with Gasteiger partial charge in [0.15, 0.2) is 6.61 Å². The lowest BCUT2D eigenvalue weighted by Gasteiger charge is -2.15. The van der Waals surface area contributed by atoms with Crippen molar-refractivity contribution in [3.05, 3.63) is 54.1 Å². The van der Waals surface area contributed by atoms with Gasteiger partial charge in [0.2, 0.25) is 10.0 Å². The Bertz CT molecular complexity index is 968. The number of nitrogens with one attached hydrogen (secondary N) is 1. The molecule has 9 heteroatoms. The molecule has 0 aromatic heterocycles. The van der Waals surface area contributed by atoms with Crippen molar-refractivity contribution in [3.63, 3.8) is 0 Å². The minimum atomic E-state index is -3.47. The van der Waals surface area contributed by atoms with Gasteiger partial charge < -0.3 is 14.9 Å². The van der Waals surface area contributed by atoms with Gasteiger partial charge in [-0.25, -0.2) is 8.42 Å². The molecular weight excluding hydrogens is 394 g/mol. The van der Waals surface area contributed by atoms with Gasteiger partial charge in [-0.15, -0.1) is 0 Å². The molecule has 1 heterocycles. The topological polar surface area (TPSA) is 97.3 Å². The third-order valence-electron chi connectivity index (χ3n) is 4.44. The van der Waals surface area contributed by atoms with Crippen LogP contribution in [-0.4, -0.2) is 51.7 Å². The van der Waals surface area contributed by atoms with Gasteiger partial charge in [0.05, 0.1) is 18.2 Å². The minimum absolute atomic E-state index is 0.218. The van der Waals surface area contributed by atoms with E-state index in [1.54, 1.807) is 25.3 Å². The normalized spacial score (nSPS) is 14.8. The number of benzene rings is 2. The van der Waals surface area contributed by atoms with Gasteiger partial charge in [-0.1, -0.05) is 17.3 Å². The zero-order valence-corrected chi connectivity index (χ0v) is 16.9. The summed E-state index contributed by atoms with van der Waals surface area (Å²) in [5, 5.41) is 6.41. The fourth-order valence-electron chi connectivity index (χ4n) is 2.95. The average Bonchev–Trinajstić information content (AvgIpc) is 3.28. The molecule has 0 spiro atoms. The largest absolute Gasteiger partial charge is 0.496 e. The number of hydrogen-bond donors (Lipinski definition) is 1. The number of carbonyl (C=O) groups excluding carboxylic acids is 1. The fourth-order valence-corrected chi connectivity index (χ4v) is 4.46. The highest BCUT2D eigenvalue weighted by atomic mass is 32.2. The molecule has 0 atom stereocenters. The van der Waals surface area contributed by atoms with E-state index in [9.17, 15) is 13.2 Å². The van der Waals surface area contributed by atoms with Crippen molar-refractivity contribution in [1.82, 2.24) is 4.31 Å². The molecular formula is C20H23N3O5S. The summed E-state index contributed by atoms with van der Waals surface area (Å²) in [7, 11) is -1.91. The molecule has 2 aromatic rings. The molecule has 1 saturated heterocycles. The van der Waals surface area contributed by atoms with Crippen molar-refractivity contribution in [2.45, 2.75) is 17.7 Å². The summed E-state index contributed by atoms with van der Waals surface area (Å²) >= 11 is 0. The van der Waals surface area contributed by atoms with Crippen LogP contribution >= 0.6 is 0 Å². The van der Waals surface area contributed by atoms with Crippen LogP contribution in [-0.2, 0) is 19.7 Å². The number of anilines is 1. The molecule has 154 valence electrons. The number of carbonyl (C=O) groups is 1. The van der Waals surface area contributed by atoms with Gasteiger partial charge in [0.25, 0.3) is 5.91 Å². The highest BCUT2D eigenvalue weighted by Gasteiger charge is 2.26. The van der Waals surface area contributed by atoms with Crippen LogP contribution in [0.1, 0.15) is 18.4 Å². The molecule has 0 bridgehead atoms. The van der Waals surface area contributed by atoms with E-state index in [0.29, 0.717) is 24.5 Å². The van der Waals surface area contributed by atoms with E-state index in [0.717, 1.165) is 18.4 Å². The number of amides is 1. The van der Waals surface area contributed by atoms with Gasteiger partial charge in [-0.3, -0.25) is 4.79 Å². The standard InChI is InChI=1S/C20H23N3O5S/c1-27-19-7-3-2-6-16(19)14-21-28-15-20(24)22-17-8-10-18(11-9-17)29(25,26)23-12-4-5-13-23/h2-3,6-11,14H,4-5,12-13,15H2,1H3,(H,22,24)/b21-14-. The minimum Gasteiger partial charge on any atom is -0.496 e. The fraction of sp³-hybridized carbons (Fsp3) is 0.300. The predicted octanol–water partition coefficient (Wildman–Crippen LogP) is 2.47. The summed E-state index contributed by atoms with van der Waals surface area (Å²) in [6.45, 7) is 0.820. The van der Waals surface area contributed by atoms with Crippen molar-refractivity contribution < 1.29 is 22.8 Å². The maximum atomic E-state index is 12.5. The van der Waals surface area contributed by atoms with Gasteiger partial charge in [-0.2, -0.15) is 4.31 Å². The second kappa shape index (κ2) is 9.53. The Balaban J connectivity index is 1.51. The van der Waals surface area contributed by atoms with Crippen LogP contribution in [0.15, 0.2) is 58.6 Å². The lowest BCUT2D eigenvalue weighted by molar-refractivity contribution is -0.120. The SMILES string of the molecule is COc1ccccc1/C=N\OCC(=O)Nc1ccc(S(=O)(=O)N2CCCC2)cc1. The average molecular weight is 417 g/mol. The van der Waals surface area contributed by atoms with E-state index >= 15 is 0 Å². The van der Waals surface area contributed by atoms with E-state index in [1.807, 2.05) is 18.2 Å². The number of methoxy groups -OCH3 is 1. The molecule has 0 saturated carbocycles. The van der Waals surface area contributed by atoms with E-state index in [2.05, 4.69) is 10.5 Å². The first-order chi connectivity index (χ1) is 14.0. The molecule has 1 aliphatic heterocycles. The van der Waals surface area contributed by atoms with Crippen molar-refractivity contribution >= 4 is 27.8 Å². The lowest BCUT2D eigenvalue weighted by Crippen LogP contribution is -2.27. The molecule has 1 aliphatic rings. The van der Waals surface area contributed by atoms with Gasteiger partial charge >= 0.3 is 0 Å². The Labute approximate surface area is 170 Å². The van der Waals surface area contributed by atoms with Gasteiger partial charge in [0.1, 0.15) is 5.75 Å². The highest BCUT2D eigenvalue weighted by Crippen LogP contribution is 2.22. The molecule has 8 nitrogen and oxygen atoms in total. The Kier molecular flexibility index (Phi) is 6.84. The van der Waals surface area contributed by atoms with Crippen LogP contribution in [0.2, 0.25) is 0 Å². The molecule has 29 heavy (non-hydrogen) atoms. The number of oxime groups is 1. The van der Waals surface area contributed by atoms with Gasteiger partial charge in [-0.05, 0) is 49.2 Å². The van der Waals surface area contributed by atoms with E-state index in [4.69, 9.17) is 9.57 Å². The number of rotatable bonds is 8. The summed E-state index contributed by atoms with van der Waals surface area (Å²) in [5.74, 6) is 0.241. The zero-order chi connectivity index (χ0) is 20.7. The Morgan fingerprint density at radius 1 is 1.14 bits per heavy atom. The predicted molar refractivity (Wildman–Crippen MR) is 110 cm³/mol. The highest BCUT2D eigenvalue weighted by molar-refractivity contribution is 7.89. The summed E-state index contributed by atoms with van der Waals surface area (Å²) in [6.07, 6.45) is 3.23. The van der Waals surface area contributed by atoms with Gasteiger partial charge in [0, 0.05) is 24.3 Å². The van der Waals surface area contributed by atoms with Crippen molar-refractivity contribution in [2.75, 3.05) is 32.1 Å².